The molecule has 3 aromatic heterocycles. The van der Waals surface area contributed by atoms with E-state index in [2.05, 4.69) is 4.98 Å². The lowest BCUT2D eigenvalue weighted by atomic mass is 9.93. The number of amides is 2. The van der Waals surface area contributed by atoms with Crippen molar-refractivity contribution in [2.75, 3.05) is 19.6 Å². The summed E-state index contributed by atoms with van der Waals surface area (Å²) in [5.74, 6) is -0.807. The maximum absolute atomic E-state index is 13.4. The van der Waals surface area contributed by atoms with Gasteiger partial charge in [0, 0.05) is 42.0 Å². The summed E-state index contributed by atoms with van der Waals surface area (Å²) < 4.78 is 46.4. The highest BCUT2D eigenvalue weighted by molar-refractivity contribution is 5.98. The molecule has 8 nitrogen and oxygen atoms in total. The van der Waals surface area contributed by atoms with Gasteiger partial charge in [0.05, 0.1) is 18.9 Å². The molecule has 2 aliphatic rings. The van der Waals surface area contributed by atoms with Crippen molar-refractivity contribution in [2.24, 2.45) is 0 Å². The maximum Gasteiger partial charge on any atom is 0.393 e. The van der Waals surface area contributed by atoms with Crippen LogP contribution in [-0.2, 0) is 11.2 Å². The van der Waals surface area contributed by atoms with Crippen LogP contribution in [0.1, 0.15) is 53.8 Å². The average Bonchev–Trinajstić information content (AvgIpc) is 3.51. The molecule has 2 amide bonds. The number of hydrogen-bond donors (Lipinski definition) is 0. The topological polar surface area (TPSA) is 94.8 Å². The number of nitrogens with zero attached hydrogens (tertiary/aromatic N) is 5. The van der Waals surface area contributed by atoms with Crippen LogP contribution < -0.4 is 0 Å². The van der Waals surface area contributed by atoms with Crippen molar-refractivity contribution in [1.82, 2.24) is 19.2 Å². The molecule has 5 rings (SSSR count). The summed E-state index contributed by atoms with van der Waals surface area (Å²) in [5.41, 5.74) is 0.187. The number of carbonyl (C=O) groups is 2. The Morgan fingerprint density at radius 3 is 2.61 bits per heavy atom. The summed E-state index contributed by atoms with van der Waals surface area (Å²) in [6.07, 6.45) is 3.64. The lowest BCUT2D eigenvalue weighted by molar-refractivity contribution is -0.138. The van der Waals surface area contributed by atoms with Crippen molar-refractivity contribution in [3.8, 4) is 17.2 Å². The Balaban J connectivity index is 1.49. The summed E-state index contributed by atoms with van der Waals surface area (Å²) in [4.78, 5) is 33.6. The molecule has 0 aromatic carbocycles. The Bertz CT molecular complexity index is 1330. The number of imidazole rings is 1. The number of furan rings is 1. The molecular weight excluding hydrogens is 475 g/mol. The van der Waals surface area contributed by atoms with E-state index in [1.807, 2.05) is 11.0 Å². The molecule has 1 saturated heterocycles. The minimum Gasteiger partial charge on any atom is -0.472 e. The summed E-state index contributed by atoms with van der Waals surface area (Å²) in [6, 6.07) is 5.03. The van der Waals surface area contributed by atoms with E-state index in [9.17, 15) is 28.0 Å². The maximum atomic E-state index is 13.4. The van der Waals surface area contributed by atoms with Gasteiger partial charge in [-0.3, -0.25) is 14.0 Å². The Kier molecular flexibility index (Phi) is 6.20. The lowest BCUT2D eigenvalue weighted by Crippen LogP contribution is -2.55. The van der Waals surface area contributed by atoms with Crippen molar-refractivity contribution in [2.45, 2.75) is 50.7 Å². The van der Waals surface area contributed by atoms with Crippen LogP contribution >= 0.6 is 0 Å². The number of carbonyl (C=O) groups excluding carboxylic acids is 2. The molecule has 0 radical (unpaired) electrons. The number of piperazine rings is 1. The highest BCUT2D eigenvalue weighted by Crippen LogP contribution is 2.31. The molecule has 3 aromatic rings. The molecule has 4 heterocycles. The number of nitriles is 1. The van der Waals surface area contributed by atoms with Gasteiger partial charge in [-0.2, -0.15) is 18.4 Å². The standard InChI is InChI=1S/C25H24F3N5O3/c26-25(27,28)11-17-10-18(16-6-9-36-15-16)13-33-20(12-29)22(30-23(17)33)24(35)31-7-8-32(21(34)14-31)19-4-2-1-3-5-19/h6,9-10,13,15,19H,1-5,7-8,11,14H2. The molecule has 0 N–H and O–H groups in total. The number of halogens is 3. The number of pyridine rings is 1. The highest BCUT2D eigenvalue weighted by atomic mass is 19.4. The van der Waals surface area contributed by atoms with Gasteiger partial charge in [-0.05, 0) is 25.0 Å². The molecule has 1 saturated carbocycles. The smallest absolute Gasteiger partial charge is 0.393 e. The molecule has 11 heteroatoms. The van der Waals surface area contributed by atoms with E-state index in [-0.39, 0.29) is 47.6 Å². The van der Waals surface area contributed by atoms with Crippen molar-refractivity contribution in [1.29, 1.82) is 5.26 Å². The van der Waals surface area contributed by atoms with Crippen molar-refractivity contribution in [3.05, 3.63) is 47.8 Å². The van der Waals surface area contributed by atoms with Crippen LogP contribution in [0.2, 0.25) is 0 Å². The van der Waals surface area contributed by atoms with Crippen LogP contribution in [0.5, 0.6) is 0 Å². The Morgan fingerprint density at radius 1 is 1.19 bits per heavy atom. The fourth-order valence-corrected chi connectivity index (χ4v) is 5.19. The van der Waals surface area contributed by atoms with Gasteiger partial charge in [-0.1, -0.05) is 19.3 Å². The number of aromatic nitrogens is 2. The second kappa shape index (κ2) is 9.33. The first-order valence-electron chi connectivity index (χ1n) is 11.9. The van der Waals surface area contributed by atoms with Crippen molar-refractivity contribution >= 4 is 17.5 Å². The third-order valence-electron chi connectivity index (χ3n) is 6.91. The van der Waals surface area contributed by atoms with Gasteiger partial charge in [0.25, 0.3) is 5.91 Å². The van der Waals surface area contributed by atoms with E-state index in [4.69, 9.17) is 4.42 Å². The van der Waals surface area contributed by atoms with Crippen LogP contribution in [0.3, 0.4) is 0 Å². The van der Waals surface area contributed by atoms with E-state index in [0.717, 1.165) is 32.1 Å². The van der Waals surface area contributed by atoms with Gasteiger partial charge >= 0.3 is 6.18 Å². The predicted molar refractivity (Wildman–Crippen MR) is 122 cm³/mol. The molecule has 0 bridgehead atoms. The zero-order valence-corrected chi connectivity index (χ0v) is 19.4. The normalized spacial score (nSPS) is 17.6. The van der Waals surface area contributed by atoms with E-state index in [1.54, 1.807) is 6.07 Å². The first-order valence-corrected chi connectivity index (χ1v) is 11.9. The van der Waals surface area contributed by atoms with Crippen LogP contribution in [0.25, 0.3) is 16.8 Å². The largest absolute Gasteiger partial charge is 0.472 e. The molecule has 2 fully saturated rings. The second-order valence-corrected chi connectivity index (χ2v) is 9.28. The van der Waals surface area contributed by atoms with Gasteiger partial charge in [0.1, 0.15) is 18.3 Å². The van der Waals surface area contributed by atoms with Gasteiger partial charge in [0.15, 0.2) is 11.4 Å². The Morgan fingerprint density at radius 2 is 1.97 bits per heavy atom. The lowest BCUT2D eigenvalue weighted by Gasteiger charge is -2.40. The average molecular weight is 499 g/mol. The van der Waals surface area contributed by atoms with Crippen LogP contribution in [-0.4, -0.2) is 62.9 Å². The summed E-state index contributed by atoms with van der Waals surface area (Å²) >= 11 is 0. The summed E-state index contributed by atoms with van der Waals surface area (Å²) in [6.45, 7) is 0.508. The van der Waals surface area contributed by atoms with Crippen molar-refractivity contribution in [3.63, 3.8) is 0 Å². The fourth-order valence-electron chi connectivity index (χ4n) is 5.19. The fraction of sp³-hybridized carbons (Fsp3) is 0.440. The first-order chi connectivity index (χ1) is 17.2. The molecule has 0 unspecified atom stereocenters. The predicted octanol–water partition coefficient (Wildman–Crippen LogP) is 4.19. The van der Waals surface area contributed by atoms with E-state index in [0.29, 0.717) is 17.7 Å². The van der Waals surface area contributed by atoms with E-state index >= 15 is 0 Å². The quantitative estimate of drug-likeness (QED) is 0.537. The monoisotopic (exact) mass is 499 g/mol. The first kappa shape index (κ1) is 23.9. The number of hydrogen-bond acceptors (Lipinski definition) is 5. The minimum absolute atomic E-state index is 0.119. The minimum atomic E-state index is -4.53. The van der Waals surface area contributed by atoms with Crippen LogP contribution in [0.15, 0.2) is 35.3 Å². The zero-order chi connectivity index (χ0) is 25.4. The Hall–Kier alpha value is -3.81. The molecule has 1 aliphatic heterocycles. The van der Waals surface area contributed by atoms with Crippen molar-refractivity contribution < 1.29 is 27.2 Å². The third kappa shape index (κ3) is 4.55. The van der Waals surface area contributed by atoms with Crippen LogP contribution in [0, 0.1) is 11.3 Å². The van der Waals surface area contributed by atoms with Gasteiger partial charge in [0.2, 0.25) is 5.91 Å². The SMILES string of the molecule is N#Cc1c(C(=O)N2CCN(C3CCCCC3)C(=O)C2)nc2c(CC(F)(F)F)cc(-c3ccoc3)cn12. The molecule has 0 spiro atoms. The highest BCUT2D eigenvalue weighted by Gasteiger charge is 2.35. The number of rotatable bonds is 4. The Labute approximate surface area is 204 Å². The molecule has 188 valence electrons. The van der Waals surface area contributed by atoms with Crippen LogP contribution in [0.4, 0.5) is 13.2 Å². The molecule has 1 aliphatic carbocycles. The second-order valence-electron chi connectivity index (χ2n) is 9.28. The van der Waals surface area contributed by atoms with Gasteiger partial charge < -0.3 is 14.2 Å². The molecular formula is C25H24F3N5O3. The summed E-state index contributed by atoms with van der Waals surface area (Å²) in [7, 11) is 0. The number of fused-ring (bicyclic) bond motifs is 1. The molecule has 36 heavy (non-hydrogen) atoms. The summed E-state index contributed by atoms with van der Waals surface area (Å²) in [5, 5.41) is 9.86. The van der Waals surface area contributed by atoms with Gasteiger partial charge in [-0.25, -0.2) is 4.98 Å². The third-order valence-corrected chi connectivity index (χ3v) is 6.91. The van der Waals surface area contributed by atoms with E-state index in [1.165, 1.54) is 34.1 Å². The number of alkyl halides is 3. The van der Waals surface area contributed by atoms with Gasteiger partial charge in [-0.15, -0.1) is 0 Å². The molecule has 0 atom stereocenters. The zero-order valence-electron chi connectivity index (χ0n) is 19.4. The van der Waals surface area contributed by atoms with E-state index < -0.39 is 18.5 Å².